The molecular weight excluding hydrogens is 506 g/mol. The minimum absolute atomic E-state index is 0.237. The molecule has 10 heteroatoms. The lowest BCUT2D eigenvalue weighted by molar-refractivity contribution is 0.170. The van der Waals surface area contributed by atoms with Crippen molar-refractivity contribution < 1.29 is 27.8 Å². The average Bonchev–Trinajstić information content (AvgIpc) is 3.21. The van der Waals surface area contributed by atoms with Gasteiger partial charge in [-0.3, -0.25) is 0 Å². The Bertz CT molecular complexity index is 1640. The summed E-state index contributed by atoms with van der Waals surface area (Å²) < 4.78 is 39.1. The van der Waals surface area contributed by atoms with Crippen molar-refractivity contribution >= 4 is 32.8 Å². The van der Waals surface area contributed by atoms with Gasteiger partial charge in [-0.15, -0.1) is 0 Å². The summed E-state index contributed by atoms with van der Waals surface area (Å²) in [6.07, 6.45) is 0.596. The van der Waals surface area contributed by atoms with Gasteiger partial charge in [-0.2, -0.15) is 8.42 Å². The van der Waals surface area contributed by atoms with Gasteiger partial charge >= 0.3 is 16.3 Å². The van der Waals surface area contributed by atoms with E-state index in [4.69, 9.17) is 4.74 Å². The summed E-state index contributed by atoms with van der Waals surface area (Å²) in [5.41, 5.74) is 3.92. The van der Waals surface area contributed by atoms with Crippen LogP contribution in [0.5, 0.6) is 5.75 Å². The molecule has 38 heavy (non-hydrogen) atoms. The standard InChI is InChI=1S/C28H25N3O6S/c1-36-28(33)29-16-20-8-5-9-21(12-20)22-10-11-23-15-26(37-18-19-6-3-2-4-7-19)25(14-24(23)13-22)31-17-27(32)30-38(31,34)35/h2-15,17,30,32H,16,18H2,1H3,(H,29,33). The summed E-state index contributed by atoms with van der Waals surface area (Å²) in [6.45, 7) is 0.552. The monoisotopic (exact) mass is 531 g/mol. The molecule has 4 aromatic carbocycles. The molecule has 1 aliphatic rings. The number of hydrogen-bond acceptors (Lipinski definition) is 6. The molecule has 0 saturated heterocycles. The van der Waals surface area contributed by atoms with Crippen molar-refractivity contribution in [2.45, 2.75) is 13.2 Å². The summed E-state index contributed by atoms with van der Waals surface area (Å²) in [6, 6.07) is 26.6. The fraction of sp³-hybridized carbons (Fsp3) is 0.107. The van der Waals surface area contributed by atoms with E-state index >= 15 is 0 Å². The molecule has 1 heterocycles. The quantitative estimate of drug-likeness (QED) is 0.311. The lowest BCUT2D eigenvalue weighted by Gasteiger charge is -2.20. The third-order valence-corrected chi connectivity index (χ3v) is 7.29. The van der Waals surface area contributed by atoms with E-state index in [1.54, 1.807) is 12.1 Å². The summed E-state index contributed by atoms with van der Waals surface area (Å²) >= 11 is 0. The highest BCUT2D eigenvalue weighted by atomic mass is 32.2. The molecular formula is C28H25N3O6S. The zero-order chi connectivity index (χ0) is 26.7. The molecule has 4 aromatic rings. The molecule has 0 aromatic heterocycles. The first-order chi connectivity index (χ1) is 18.3. The Labute approximate surface area is 220 Å². The van der Waals surface area contributed by atoms with Crippen LogP contribution in [0.1, 0.15) is 11.1 Å². The number of nitrogens with one attached hydrogen (secondary N) is 2. The molecule has 0 atom stereocenters. The van der Waals surface area contributed by atoms with E-state index in [2.05, 4.69) is 14.8 Å². The number of aliphatic hydroxyl groups is 1. The van der Waals surface area contributed by atoms with Gasteiger partial charge in [-0.25, -0.2) is 13.8 Å². The van der Waals surface area contributed by atoms with Crippen molar-refractivity contribution in [3.63, 3.8) is 0 Å². The average molecular weight is 532 g/mol. The molecule has 0 bridgehead atoms. The van der Waals surface area contributed by atoms with E-state index in [0.717, 1.165) is 43.5 Å². The molecule has 9 nitrogen and oxygen atoms in total. The van der Waals surface area contributed by atoms with Crippen LogP contribution < -0.4 is 19.1 Å². The van der Waals surface area contributed by atoms with Gasteiger partial charge in [0.25, 0.3) is 0 Å². The first-order valence-corrected chi connectivity index (χ1v) is 13.1. The number of methoxy groups -OCH3 is 1. The summed E-state index contributed by atoms with van der Waals surface area (Å²) in [4.78, 5) is 11.4. The Morgan fingerprint density at radius 3 is 2.42 bits per heavy atom. The fourth-order valence-electron chi connectivity index (χ4n) is 4.16. The van der Waals surface area contributed by atoms with Crippen LogP contribution in [0.3, 0.4) is 0 Å². The van der Waals surface area contributed by atoms with Gasteiger partial charge in [-0.05, 0) is 57.3 Å². The molecule has 1 aliphatic heterocycles. The second-order valence-electron chi connectivity index (χ2n) is 8.62. The van der Waals surface area contributed by atoms with Crippen LogP contribution in [0, 0.1) is 0 Å². The summed E-state index contributed by atoms with van der Waals surface area (Å²) in [7, 11) is -2.72. The van der Waals surface area contributed by atoms with E-state index in [9.17, 15) is 18.3 Å². The normalized spacial score (nSPS) is 14.0. The number of carbonyl (C=O) groups is 1. The van der Waals surface area contributed by atoms with Gasteiger partial charge < -0.3 is 19.9 Å². The Balaban J connectivity index is 1.53. The number of nitrogens with zero attached hydrogens (tertiary/aromatic N) is 1. The molecule has 0 unspecified atom stereocenters. The zero-order valence-electron chi connectivity index (χ0n) is 20.4. The van der Waals surface area contributed by atoms with Crippen molar-refractivity contribution in [2.24, 2.45) is 0 Å². The second-order valence-corrected chi connectivity index (χ2v) is 10.2. The highest BCUT2D eigenvalue weighted by Crippen LogP contribution is 2.38. The molecule has 0 aliphatic carbocycles. The number of aliphatic hydroxyl groups excluding tert-OH is 1. The first kappa shape index (κ1) is 25.0. The molecule has 3 N–H and O–H groups in total. The van der Waals surface area contributed by atoms with Crippen molar-refractivity contribution in [1.29, 1.82) is 0 Å². The van der Waals surface area contributed by atoms with Gasteiger partial charge in [-0.1, -0.05) is 60.7 Å². The van der Waals surface area contributed by atoms with Gasteiger partial charge in [0.1, 0.15) is 18.0 Å². The molecule has 0 radical (unpaired) electrons. The number of fused-ring (bicyclic) bond motifs is 1. The van der Waals surface area contributed by atoms with Crippen LogP contribution in [0.4, 0.5) is 10.5 Å². The highest BCUT2D eigenvalue weighted by Gasteiger charge is 2.31. The van der Waals surface area contributed by atoms with Crippen LogP contribution in [0.25, 0.3) is 21.9 Å². The Morgan fingerprint density at radius 2 is 1.68 bits per heavy atom. The summed E-state index contributed by atoms with van der Waals surface area (Å²) in [5, 5.41) is 14.2. The number of alkyl carbamates (subject to hydrolysis) is 1. The van der Waals surface area contributed by atoms with Crippen LogP contribution >= 0.6 is 0 Å². The predicted molar refractivity (Wildman–Crippen MR) is 145 cm³/mol. The smallest absolute Gasteiger partial charge is 0.407 e. The fourth-order valence-corrected chi connectivity index (χ4v) is 5.22. The predicted octanol–water partition coefficient (Wildman–Crippen LogP) is 4.95. The van der Waals surface area contributed by atoms with Crippen LogP contribution in [0.2, 0.25) is 0 Å². The largest absolute Gasteiger partial charge is 0.493 e. The van der Waals surface area contributed by atoms with Crippen LogP contribution in [-0.4, -0.2) is 26.7 Å². The Morgan fingerprint density at radius 1 is 0.921 bits per heavy atom. The van der Waals surface area contributed by atoms with E-state index < -0.39 is 22.2 Å². The first-order valence-electron chi connectivity index (χ1n) is 11.7. The maximum atomic E-state index is 12.7. The number of ether oxygens (including phenoxy) is 2. The minimum atomic E-state index is -4.03. The number of anilines is 1. The third-order valence-electron chi connectivity index (χ3n) is 6.01. The zero-order valence-corrected chi connectivity index (χ0v) is 21.2. The summed E-state index contributed by atoms with van der Waals surface area (Å²) in [5.74, 6) is -0.133. The number of carbonyl (C=O) groups excluding carboxylic acids is 1. The molecule has 194 valence electrons. The van der Waals surface area contributed by atoms with Gasteiger partial charge in [0, 0.05) is 6.54 Å². The molecule has 0 saturated carbocycles. The van der Waals surface area contributed by atoms with E-state index in [1.807, 2.05) is 72.8 Å². The Kier molecular flexibility index (Phi) is 6.80. The lowest BCUT2D eigenvalue weighted by Crippen LogP contribution is -2.29. The maximum absolute atomic E-state index is 12.7. The van der Waals surface area contributed by atoms with Crippen molar-refractivity contribution in [3.8, 4) is 16.9 Å². The molecule has 0 spiro atoms. The van der Waals surface area contributed by atoms with Crippen molar-refractivity contribution in [2.75, 3.05) is 11.4 Å². The van der Waals surface area contributed by atoms with Gasteiger partial charge in [0.05, 0.1) is 13.3 Å². The molecule has 1 amide bonds. The maximum Gasteiger partial charge on any atom is 0.407 e. The molecule has 5 rings (SSSR count). The third kappa shape index (κ3) is 5.35. The van der Waals surface area contributed by atoms with Crippen LogP contribution in [-0.2, 0) is 28.1 Å². The van der Waals surface area contributed by atoms with E-state index in [-0.39, 0.29) is 12.3 Å². The van der Waals surface area contributed by atoms with Gasteiger partial charge in [0.2, 0.25) is 5.88 Å². The SMILES string of the molecule is COC(=O)NCc1cccc(-c2ccc3cc(OCc4ccccc4)c(N4C=C(O)NS4(=O)=O)cc3c2)c1. The number of rotatable bonds is 7. The highest BCUT2D eigenvalue weighted by molar-refractivity contribution is 7.91. The second kappa shape index (κ2) is 10.3. The van der Waals surface area contributed by atoms with Crippen molar-refractivity contribution in [1.82, 2.24) is 10.0 Å². The van der Waals surface area contributed by atoms with Crippen LogP contribution in [0.15, 0.2) is 97.0 Å². The van der Waals surface area contributed by atoms with Crippen molar-refractivity contribution in [3.05, 3.63) is 108 Å². The minimum Gasteiger partial charge on any atom is -0.493 e. The molecule has 0 fully saturated rings. The van der Waals surface area contributed by atoms with E-state index in [0.29, 0.717) is 12.3 Å². The van der Waals surface area contributed by atoms with Gasteiger partial charge in [0.15, 0.2) is 0 Å². The van der Waals surface area contributed by atoms with E-state index in [1.165, 1.54) is 7.11 Å². The Hall–Kier alpha value is -4.70. The number of hydrogen-bond donors (Lipinski definition) is 3. The lowest BCUT2D eigenvalue weighted by atomic mass is 9.99. The number of amides is 1. The topological polar surface area (TPSA) is 117 Å². The number of benzene rings is 4.